The lowest BCUT2D eigenvalue weighted by Gasteiger charge is -2.58. The molecule has 4 rings (SSSR count). The van der Waals surface area contributed by atoms with Crippen molar-refractivity contribution in [2.45, 2.75) is 65.7 Å². The van der Waals surface area contributed by atoms with Gasteiger partial charge >= 0.3 is 0 Å². The van der Waals surface area contributed by atoms with E-state index in [1.807, 2.05) is 6.08 Å². The summed E-state index contributed by atoms with van der Waals surface area (Å²) in [6, 6.07) is 0. The summed E-state index contributed by atoms with van der Waals surface area (Å²) in [7, 11) is 0. The summed E-state index contributed by atoms with van der Waals surface area (Å²) in [5.74, 6) is 3.55. The van der Waals surface area contributed by atoms with E-state index in [9.17, 15) is 4.79 Å². The third kappa shape index (κ3) is 1.80. The first-order valence-corrected chi connectivity index (χ1v) is 9.37. The van der Waals surface area contributed by atoms with Crippen LogP contribution in [0.15, 0.2) is 23.8 Å². The Labute approximate surface area is 135 Å². The van der Waals surface area contributed by atoms with Crippen LogP contribution in [0.25, 0.3) is 0 Å². The topological polar surface area (TPSA) is 17.1 Å². The maximum Gasteiger partial charge on any atom is 0.155 e. The lowest BCUT2D eigenvalue weighted by molar-refractivity contribution is -0.121. The zero-order valence-electron chi connectivity index (χ0n) is 14.4. The second-order valence-corrected chi connectivity index (χ2v) is 8.83. The Morgan fingerprint density at radius 1 is 1.14 bits per heavy atom. The number of fused-ring (bicyclic) bond motifs is 5. The van der Waals surface area contributed by atoms with E-state index in [2.05, 4.69) is 32.9 Å². The molecule has 0 amide bonds. The fourth-order valence-corrected chi connectivity index (χ4v) is 6.96. The molecule has 0 aliphatic heterocycles. The molecular weight excluding hydrogens is 268 g/mol. The number of rotatable bonds is 0. The molecule has 0 bridgehead atoms. The van der Waals surface area contributed by atoms with Crippen LogP contribution in [0.1, 0.15) is 65.7 Å². The smallest absolute Gasteiger partial charge is 0.155 e. The van der Waals surface area contributed by atoms with Gasteiger partial charge in [-0.1, -0.05) is 31.6 Å². The van der Waals surface area contributed by atoms with Crippen LogP contribution in [-0.4, -0.2) is 5.78 Å². The zero-order valence-corrected chi connectivity index (χ0v) is 14.4. The van der Waals surface area contributed by atoms with E-state index in [4.69, 9.17) is 0 Å². The van der Waals surface area contributed by atoms with Gasteiger partial charge in [0.25, 0.3) is 0 Å². The molecule has 6 atom stereocenters. The van der Waals surface area contributed by atoms with Crippen molar-refractivity contribution in [2.24, 2.45) is 34.5 Å². The van der Waals surface area contributed by atoms with Crippen LogP contribution in [-0.2, 0) is 4.79 Å². The van der Waals surface area contributed by atoms with Crippen molar-refractivity contribution in [2.75, 3.05) is 0 Å². The molecule has 0 radical (unpaired) electrons. The van der Waals surface area contributed by atoms with E-state index in [1.54, 1.807) is 5.57 Å². The predicted molar refractivity (Wildman–Crippen MR) is 90.4 cm³/mol. The average Bonchev–Trinajstić information content (AvgIpc) is 2.84. The number of hydrogen-bond donors (Lipinski definition) is 0. The Morgan fingerprint density at radius 3 is 2.73 bits per heavy atom. The van der Waals surface area contributed by atoms with Gasteiger partial charge in [0.15, 0.2) is 5.78 Å². The van der Waals surface area contributed by atoms with Crippen LogP contribution >= 0.6 is 0 Å². The normalized spacial score (nSPS) is 52.3. The Hall–Kier alpha value is -0.850. The van der Waals surface area contributed by atoms with Crippen molar-refractivity contribution in [1.29, 1.82) is 0 Å². The number of ketones is 1. The highest BCUT2D eigenvalue weighted by molar-refractivity contribution is 5.91. The zero-order chi connectivity index (χ0) is 15.5. The minimum absolute atomic E-state index is 0.289. The minimum atomic E-state index is 0.289. The van der Waals surface area contributed by atoms with Crippen molar-refractivity contribution in [1.82, 2.24) is 0 Å². The highest BCUT2D eigenvalue weighted by Gasteiger charge is 2.57. The van der Waals surface area contributed by atoms with Crippen molar-refractivity contribution < 1.29 is 4.79 Å². The third-order valence-corrected chi connectivity index (χ3v) is 8.24. The summed E-state index contributed by atoms with van der Waals surface area (Å²) in [4.78, 5) is 11.8. The van der Waals surface area contributed by atoms with Gasteiger partial charge in [0, 0.05) is 6.42 Å². The van der Waals surface area contributed by atoms with E-state index in [1.165, 1.54) is 38.5 Å². The fourth-order valence-electron chi connectivity index (χ4n) is 6.96. The largest absolute Gasteiger partial charge is 0.295 e. The predicted octanol–water partition coefficient (Wildman–Crippen LogP) is 5.32. The standard InChI is InChI=1S/C21H30O/c1-4-14-6-8-18-17-7-5-15-13-16(22)9-11-21(15,3)19(17)10-12-20(14,18)2/h4,9,11,15,17-19H,5-8,10,12-13H2,1-3H3/t15?,17-,18-,19-,20+,21-/m0/s1. The van der Waals surface area contributed by atoms with Crippen LogP contribution in [0.2, 0.25) is 0 Å². The summed E-state index contributed by atoms with van der Waals surface area (Å²) < 4.78 is 0. The Bertz CT molecular complexity index is 556. The number of carbonyl (C=O) groups is 1. The molecule has 4 aliphatic carbocycles. The molecule has 3 saturated carbocycles. The van der Waals surface area contributed by atoms with Gasteiger partial charge in [-0.25, -0.2) is 0 Å². The van der Waals surface area contributed by atoms with Gasteiger partial charge in [0.05, 0.1) is 0 Å². The third-order valence-electron chi connectivity index (χ3n) is 8.24. The van der Waals surface area contributed by atoms with Crippen LogP contribution in [0.4, 0.5) is 0 Å². The molecule has 0 aromatic carbocycles. The van der Waals surface area contributed by atoms with Crippen LogP contribution in [0, 0.1) is 34.5 Å². The molecule has 1 nitrogen and oxygen atoms in total. The first-order valence-electron chi connectivity index (χ1n) is 9.37. The van der Waals surface area contributed by atoms with Crippen molar-refractivity contribution in [3.05, 3.63) is 23.8 Å². The average molecular weight is 298 g/mol. The molecule has 0 N–H and O–H groups in total. The van der Waals surface area contributed by atoms with E-state index in [-0.39, 0.29) is 5.41 Å². The second-order valence-electron chi connectivity index (χ2n) is 8.83. The van der Waals surface area contributed by atoms with Gasteiger partial charge in [-0.2, -0.15) is 0 Å². The Balaban J connectivity index is 1.69. The molecular formula is C21H30O. The number of hydrogen-bond acceptors (Lipinski definition) is 1. The first-order chi connectivity index (χ1) is 10.5. The van der Waals surface area contributed by atoms with E-state index in [0.29, 0.717) is 17.1 Å². The Morgan fingerprint density at radius 2 is 1.95 bits per heavy atom. The number of carbonyl (C=O) groups excluding carboxylic acids is 1. The summed E-state index contributed by atoms with van der Waals surface area (Å²) >= 11 is 0. The summed E-state index contributed by atoms with van der Waals surface area (Å²) in [5.41, 5.74) is 2.50. The number of allylic oxidation sites excluding steroid dienone is 4. The molecule has 0 heterocycles. The second kappa shape index (κ2) is 4.82. The van der Waals surface area contributed by atoms with Crippen molar-refractivity contribution in [3.8, 4) is 0 Å². The SMILES string of the molecule is CC=C1CC[C@H]2[C@@H]3CCC4CC(=O)C=C[C@]4(C)[C@H]3CC[C@]12C. The monoisotopic (exact) mass is 298 g/mol. The summed E-state index contributed by atoms with van der Waals surface area (Å²) in [6.07, 6.45) is 15.5. The quantitative estimate of drug-likeness (QED) is 0.553. The van der Waals surface area contributed by atoms with Gasteiger partial charge < -0.3 is 0 Å². The molecule has 22 heavy (non-hydrogen) atoms. The van der Waals surface area contributed by atoms with E-state index >= 15 is 0 Å². The van der Waals surface area contributed by atoms with Gasteiger partial charge in [0.2, 0.25) is 0 Å². The van der Waals surface area contributed by atoms with Crippen LogP contribution < -0.4 is 0 Å². The van der Waals surface area contributed by atoms with Gasteiger partial charge in [-0.3, -0.25) is 4.79 Å². The molecule has 120 valence electrons. The molecule has 1 heteroatoms. The molecule has 3 fully saturated rings. The maximum atomic E-state index is 11.8. The van der Waals surface area contributed by atoms with Gasteiger partial charge in [-0.05, 0) is 86.0 Å². The molecule has 4 aliphatic rings. The molecule has 0 spiro atoms. The van der Waals surface area contributed by atoms with Crippen LogP contribution in [0.3, 0.4) is 0 Å². The van der Waals surface area contributed by atoms with Gasteiger partial charge in [0.1, 0.15) is 0 Å². The summed E-state index contributed by atoms with van der Waals surface area (Å²) in [5, 5.41) is 0. The minimum Gasteiger partial charge on any atom is -0.295 e. The fraction of sp³-hybridized carbons (Fsp3) is 0.762. The maximum absolute atomic E-state index is 11.8. The molecule has 1 unspecified atom stereocenters. The van der Waals surface area contributed by atoms with E-state index < -0.39 is 0 Å². The molecule has 0 aromatic heterocycles. The van der Waals surface area contributed by atoms with E-state index in [0.717, 1.165) is 24.2 Å². The lowest BCUT2D eigenvalue weighted by Crippen LogP contribution is -2.51. The molecule has 0 saturated heterocycles. The summed E-state index contributed by atoms with van der Waals surface area (Å²) in [6.45, 7) is 7.25. The Kier molecular flexibility index (Phi) is 3.23. The highest BCUT2D eigenvalue weighted by atomic mass is 16.1. The van der Waals surface area contributed by atoms with Crippen LogP contribution in [0.5, 0.6) is 0 Å². The van der Waals surface area contributed by atoms with Crippen molar-refractivity contribution >= 4 is 5.78 Å². The van der Waals surface area contributed by atoms with Gasteiger partial charge in [-0.15, -0.1) is 0 Å². The molecule has 0 aromatic rings. The lowest BCUT2D eigenvalue weighted by atomic mass is 9.46. The highest BCUT2D eigenvalue weighted by Crippen LogP contribution is 2.66. The first kappa shape index (κ1) is 14.7. The van der Waals surface area contributed by atoms with Crippen molar-refractivity contribution in [3.63, 3.8) is 0 Å².